The number of pyridine rings is 1. The van der Waals surface area contributed by atoms with Crippen LogP contribution in [-0.2, 0) is 105 Å². The second-order valence-corrected chi connectivity index (χ2v) is 9.63. The van der Waals surface area contributed by atoms with E-state index in [0.717, 1.165) is 31.0 Å². The summed E-state index contributed by atoms with van der Waals surface area (Å²) in [6.45, 7) is 12.8. The Labute approximate surface area is 310 Å². The molecule has 1 aromatic rings. The van der Waals surface area contributed by atoms with Gasteiger partial charge in [0.25, 0.3) is 0 Å². The summed E-state index contributed by atoms with van der Waals surface area (Å²) in [5, 5.41) is 0. The number of aromatic nitrogens is 1. The van der Waals surface area contributed by atoms with Crippen LogP contribution < -0.4 is 0 Å². The monoisotopic (exact) mass is 999 g/mol. The first-order valence-electron chi connectivity index (χ1n) is 12.0. The standard InChI is InChI=1S/C12H16N2O.C7H15N.C6H14N2.4CH3.V.2W.Y/c1-9-10(4-3-6-13-9)8-11-5-7-14(2)12(11)15;1-3-7-4-5-8(2)6-7;1-7-3-5-8(2)6-4-7;;;;;;;;/h3-4,6,11H,5,7-8H2,1-2H3;7H,3-6H2,1-2H3;3-6H2,1-2H3;4*1H3;;;;/q;;;4*-1;;;;. The molecular weight excluding hydrogens is 942 g/mol. The van der Waals surface area contributed by atoms with Crippen molar-refractivity contribution in [3.63, 3.8) is 0 Å². The molecule has 228 valence electrons. The van der Waals surface area contributed by atoms with Crippen LogP contribution in [0.15, 0.2) is 18.3 Å². The van der Waals surface area contributed by atoms with Crippen LogP contribution in [0.2, 0.25) is 0 Å². The molecule has 1 aromatic heterocycles. The molecule has 6 nitrogen and oxygen atoms in total. The van der Waals surface area contributed by atoms with Crippen molar-refractivity contribution in [2.45, 2.75) is 39.5 Å². The zero-order valence-corrected chi connectivity index (χ0v) is 36.8. The van der Waals surface area contributed by atoms with E-state index in [4.69, 9.17) is 0 Å². The first-order valence-corrected chi connectivity index (χ1v) is 12.0. The van der Waals surface area contributed by atoms with Crippen molar-refractivity contribution >= 4 is 5.91 Å². The summed E-state index contributed by atoms with van der Waals surface area (Å²) in [5.41, 5.74) is 2.24. The number of rotatable bonds is 3. The fourth-order valence-electron chi connectivity index (χ4n) is 4.35. The normalized spacial score (nSPS) is 19.9. The Kier molecular flexibility index (Phi) is 44.8. The van der Waals surface area contributed by atoms with Gasteiger partial charge >= 0.3 is 0 Å². The van der Waals surface area contributed by atoms with E-state index >= 15 is 0 Å². The van der Waals surface area contributed by atoms with Crippen LogP contribution in [-0.4, -0.2) is 104 Å². The predicted octanol–water partition coefficient (Wildman–Crippen LogP) is 4.41. The molecule has 4 heterocycles. The SMILES string of the molecule is CCC1CCN(C)C1.CN1CCN(C)CC1.Cc1ncccc1CC1CCN(C)C1=O.[CH3-].[CH3-].[CH3-].[CH3-].[V].[W].[W].[Y]. The number of piperazine rings is 1. The van der Waals surface area contributed by atoms with Crippen LogP contribution in [0.3, 0.4) is 0 Å². The molecule has 0 aliphatic carbocycles. The topological polar surface area (TPSA) is 42.9 Å². The first-order chi connectivity index (χ1) is 14.8. The van der Waals surface area contributed by atoms with Gasteiger partial charge < -0.3 is 49.3 Å². The number of likely N-dealkylation sites (N-methyl/N-ethyl adjacent to an activating group) is 2. The second-order valence-electron chi connectivity index (χ2n) is 9.63. The fourth-order valence-corrected chi connectivity index (χ4v) is 4.35. The molecule has 2 radical (unpaired) electrons. The Balaban J connectivity index is -0.0000000757. The summed E-state index contributed by atoms with van der Waals surface area (Å²) in [4.78, 5) is 24.9. The summed E-state index contributed by atoms with van der Waals surface area (Å²) in [6.07, 6.45) is 6.39. The maximum absolute atomic E-state index is 11.7. The molecule has 2 unspecified atom stereocenters. The van der Waals surface area contributed by atoms with Crippen LogP contribution in [0.5, 0.6) is 0 Å². The number of amides is 1. The van der Waals surface area contributed by atoms with Gasteiger partial charge in [-0.2, -0.15) is 0 Å². The third kappa shape index (κ3) is 21.8. The average molecular weight is 999 g/mol. The van der Waals surface area contributed by atoms with E-state index in [9.17, 15) is 4.79 Å². The van der Waals surface area contributed by atoms with E-state index in [1.807, 2.05) is 24.9 Å². The Morgan fingerprint density at radius 2 is 1.36 bits per heavy atom. The van der Waals surface area contributed by atoms with Crippen molar-refractivity contribution in [1.82, 2.24) is 24.6 Å². The van der Waals surface area contributed by atoms with Gasteiger partial charge in [0, 0.05) is 158 Å². The molecule has 0 saturated carbocycles. The molecule has 3 saturated heterocycles. The van der Waals surface area contributed by atoms with E-state index in [2.05, 4.69) is 53.8 Å². The third-order valence-corrected chi connectivity index (χ3v) is 6.91. The summed E-state index contributed by atoms with van der Waals surface area (Å²) < 4.78 is 0. The smallest absolute Gasteiger partial charge is 0.225 e. The zero-order chi connectivity index (χ0) is 22.8. The first kappa shape index (κ1) is 56.4. The molecule has 10 heteroatoms. The quantitative estimate of drug-likeness (QED) is 0.421. The van der Waals surface area contributed by atoms with Crippen LogP contribution in [0.25, 0.3) is 0 Å². The summed E-state index contributed by atoms with van der Waals surface area (Å²) in [7, 11) is 8.42. The van der Waals surface area contributed by atoms with E-state index < -0.39 is 0 Å². The number of carbonyl (C=O) groups excluding carboxylic acids is 1. The summed E-state index contributed by atoms with van der Waals surface area (Å²) in [6, 6.07) is 4.00. The number of hydrogen-bond donors (Lipinski definition) is 0. The third-order valence-electron chi connectivity index (χ3n) is 6.91. The molecule has 4 rings (SSSR count). The van der Waals surface area contributed by atoms with Crippen LogP contribution >= 0.6 is 0 Å². The van der Waals surface area contributed by atoms with E-state index in [1.54, 1.807) is 6.20 Å². The number of hydrogen-bond acceptors (Lipinski definition) is 5. The molecule has 39 heavy (non-hydrogen) atoms. The van der Waals surface area contributed by atoms with Gasteiger partial charge in [-0.15, -0.1) is 0 Å². The van der Waals surface area contributed by atoms with E-state index in [0.29, 0.717) is 0 Å². The van der Waals surface area contributed by atoms with Gasteiger partial charge in [-0.25, -0.2) is 0 Å². The zero-order valence-electron chi connectivity index (χ0n) is 26.7. The molecule has 0 aromatic carbocycles. The molecule has 2 atom stereocenters. The summed E-state index contributed by atoms with van der Waals surface area (Å²) in [5.74, 6) is 1.44. The van der Waals surface area contributed by atoms with E-state index in [1.165, 1.54) is 57.7 Å². The minimum absolute atomic E-state index is 0. The Hall–Kier alpha value is 1.56. The minimum atomic E-state index is 0. The fraction of sp³-hybridized carbons (Fsp3) is 0.655. The predicted molar refractivity (Wildman–Crippen MR) is 155 cm³/mol. The van der Waals surface area contributed by atoms with Gasteiger partial charge in [-0.05, 0) is 71.4 Å². The number of aryl methyl sites for hydroxylation is 1. The Morgan fingerprint density at radius 3 is 1.69 bits per heavy atom. The van der Waals surface area contributed by atoms with Gasteiger partial charge in [-0.1, -0.05) is 19.4 Å². The maximum atomic E-state index is 11.7. The molecule has 3 aliphatic rings. The molecule has 0 bridgehead atoms. The van der Waals surface area contributed by atoms with Crippen LogP contribution in [0.4, 0.5) is 0 Å². The van der Waals surface area contributed by atoms with Crippen molar-refractivity contribution < 1.29 is 98.2 Å². The van der Waals surface area contributed by atoms with Crippen molar-refractivity contribution in [3.05, 3.63) is 59.3 Å². The largest absolute Gasteiger partial charge is 0.358 e. The maximum Gasteiger partial charge on any atom is 0.225 e. The summed E-state index contributed by atoms with van der Waals surface area (Å²) >= 11 is 0. The van der Waals surface area contributed by atoms with Gasteiger partial charge in [-0.3, -0.25) is 9.78 Å². The van der Waals surface area contributed by atoms with Crippen LogP contribution in [0.1, 0.15) is 37.4 Å². The Morgan fingerprint density at radius 1 is 0.846 bits per heavy atom. The van der Waals surface area contributed by atoms with Gasteiger partial charge in [0.15, 0.2) is 0 Å². The van der Waals surface area contributed by atoms with Crippen LogP contribution in [0, 0.1) is 48.5 Å². The van der Waals surface area contributed by atoms with Crippen molar-refractivity contribution in [2.24, 2.45) is 11.8 Å². The van der Waals surface area contributed by atoms with Gasteiger partial charge in [0.05, 0.1) is 0 Å². The number of likely N-dealkylation sites (tertiary alicyclic amines) is 2. The molecular formula is C29H57N5OVW2Y-4. The molecule has 3 fully saturated rings. The van der Waals surface area contributed by atoms with Crippen molar-refractivity contribution in [1.29, 1.82) is 0 Å². The van der Waals surface area contributed by atoms with Crippen molar-refractivity contribution in [3.8, 4) is 0 Å². The molecule has 0 N–H and O–H groups in total. The van der Waals surface area contributed by atoms with E-state index in [-0.39, 0.29) is 135 Å². The molecule has 1 amide bonds. The van der Waals surface area contributed by atoms with Gasteiger partial charge in [0.1, 0.15) is 0 Å². The Bertz CT molecular complexity index is 675. The number of carbonyl (C=O) groups is 1. The molecule has 0 spiro atoms. The molecule has 3 aliphatic heterocycles. The average Bonchev–Trinajstić information content (AvgIpc) is 3.33. The number of nitrogens with zero attached hydrogens (tertiary/aromatic N) is 5. The van der Waals surface area contributed by atoms with Gasteiger partial charge in [0.2, 0.25) is 5.91 Å². The van der Waals surface area contributed by atoms with Crippen molar-refractivity contribution in [2.75, 3.05) is 74.0 Å². The second kappa shape index (κ2) is 31.0. The minimum Gasteiger partial charge on any atom is -0.358 e.